The Kier molecular flexibility index (Phi) is 6.24. The predicted octanol–water partition coefficient (Wildman–Crippen LogP) is 3.60. The monoisotopic (exact) mass is 338 g/mol. The van der Waals surface area contributed by atoms with Crippen molar-refractivity contribution in [2.24, 2.45) is 5.73 Å². The molecule has 1 amide bonds. The number of carbonyl (C=O) groups is 1. The number of rotatable bonds is 5. The van der Waals surface area contributed by atoms with Gasteiger partial charge in [-0.2, -0.15) is 0 Å². The average Bonchev–Trinajstić information content (AvgIpc) is 3.14. The van der Waals surface area contributed by atoms with E-state index in [1.165, 1.54) is 15.6 Å². The molecule has 120 valence electrons. The highest BCUT2D eigenvalue weighted by molar-refractivity contribution is 7.17. The molecule has 5 heteroatoms. The molecule has 1 aromatic carbocycles. The second kappa shape index (κ2) is 7.95. The molecule has 0 saturated carbocycles. The van der Waals surface area contributed by atoms with E-state index in [-0.39, 0.29) is 24.4 Å². The van der Waals surface area contributed by atoms with Crippen LogP contribution in [0.4, 0.5) is 0 Å². The Balaban J connectivity index is 0.00000176. The zero-order chi connectivity index (χ0) is 14.7. The van der Waals surface area contributed by atoms with Gasteiger partial charge in [-0.25, -0.2) is 0 Å². The molecule has 1 atom stereocenters. The molecule has 1 unspecified atom stereocenters. The molecule has 3 nitrogen and oxygen atoms in total. The molecule has 1 aromatic heterocycles. The first-order valence-corrected chi connectivity index (χ1v) is 8.62. The van der Waals surface area contributed by atoms with Gasteiger partial charge in [0.25, 0.3) is 0 Å². The molecule has 1 aliphatic rings. The topological polar surface area (TPSA) is 46.3 Å². The van der Waals surface area contributed by atoms with Gasteiger partial charge in [-0.3, -0.25) is 4.79 Å². The largest absolute Gasteiger partial charge is 0.338 e. The fourth-order valence-corrected chi connectivity index (χ4v) is 4.21. The van der Waals surface area contributed by atoms with Gasteiger partial charge in [0.05, 0.1) is 0 Å². The number of amides is 1. The van der Waals surface area contributed by atoms with E-state index in [1.807, 2.05) is 4.90 Å². The Morgan fingerprint density at radius 1 is 1.36 bits per heavy atom. The van der Waals surface area contributed by atoms with Gasteiger partial charge >= 0.3 is 0 Å². The van der Waals surface area contributed by atoms with Crippen LogP contribution in [0.2, 0.25) is 0 Å². The highest BCUT2D eigenvalue weighted by Gasteiger charge is 2.26. The molecule has 0 bridgehead atoms. The summed E-state index contributed by atoms with van der Waals surface area (Å²) >= 11 is 1.79. The fraction of sp³-hybridized carbons (Fsp3) is 0.471. The number of nitrogens with two attached hydrogens (primary N) is 1. The lowest BCUT2D eigenvalue weighted by Crippen LogP contribution is -2.39. The van der Waals surface area contributed by atoms with Gasteiger partial charge in [0, 0.05) is 30.3 Å². The van der Waals surface area contributed by atoms with Crippen LogP contribution in [0.25, 0.3) is 10.1 Å². The average molecular weight is 339 g/mol. The van der Waals surface area contributed by atoms with Gasteiger partial charge in [-0.1, -0.05) is 18.2 Å². The lowest BCUT2D eigenvalue weighted by atomic mass is 10.1. The Bertz CT molecular complexity index is 628. The quantitative estimate of drug-likeness (QED) is 0.905. The maximum absolute atomic E-state index is 12.3. The maximum Gasteiger partial charge on any atom is 0.222 e. The number of hydrogen-bond donors (Lipinski definition) is 1. The number of aryl methyl sites for hydroxylation is 1. The minimum Gasteiger partial charge on any atom is -0.338 e. The van der Waals surface area contributed by atoms with Crippen LogP contribution < -0.4 is 5.73 Å². The first kappa shape index (κ1) is 17.3. The highest BCUT2D eigenvalue weighted by atomic mass is 35.5. The van der Waals surface area contributed by atoms with Gasteiger partial charge in [0.2, 0.25) is 5.91 Å². The van der Waals surface area contributed by atoms with Gasteiger partial charge in [0.1, 0.15) is 0 Å². The van der Waals surface area contributed by atoms with E-state index in [9.17, 15) is 4.79 Å². The number of likely N-dealkylation sites (tertiary alicyclic amines) is 1. The summed E-state index contributed by atoms with van der Waals surface area (Å²) in [5, 5.41) is 3.57. The number of benzene rings is 1. The van der Waals surface area contributed by atoms with Gasteiger partial charge in [0.15, 0.2) is 0 Å². The third kappa shape index (κ3) is 3.62. The van der Waals surface area contributed by atoms with E-state index in [1.54, 1.807) is 11.3 Å². The van der Waals surface area contributed by atoms with E-state index >= 15 is 0 Å². The van der Waals surface area contributed by atoms with Crippen molar-refractivity contribution in [1.29, 1.82) is 0 Å². The molecule has 1 fully saturated rings. The predicted molar refractivity (Wildman–Crippen MR) is 95.8 cm³/mol. The lowest BCUT2D eigenvalue weighted by molar-refractivity contribution is -0.131. The van der Waals surface area contributed by atoms with Crippen molar-refractivity contribution in [3.8, 4) is 0 Å². The Hall–Kier alpha value is -1.10. The van der Waals surface area contributed by atoms with Crippen molar-refractivity contribution in [2.75, 3.05) is 13.1 Å². The third-order valence-corrected chi connectivity index (χ3v) is 5.38. The summed E-state index contributed by atoms with van der Waals surface area (Å²) in [4.78, 5) is 14.3. The van der Waals surface area contributed by atoms with Gasteiger partial charge in [-0.15, -0.1) is 23.7 Å². The lowest BCUT2D eigenvalue weighted by Gasteiger charge is -2.23. The molecule has 2 aromatic rings. The van der Waals surface area contributed by atoms with Crippen LogP contribution >= 0.6 is 23.7 Å². The molecule has 1 saturated heterocycles. The molecule has 2 heterocycles. The SMILES string of the molecule is Cl.NCC1CCCN1C(=O)CCCc1csc2ccccc12. The zero-order valence-electron chi connectivity index (χ0n) is 12.7. The van der Waals surface area contributed by atoms with Crippen LogP contribution in [0.1, 0.15) is 31.2 Å². The van der Waals surface area contributed by atoms with Crippen molar-refractivity contribution in [1.82, 2.24) is 4.90 Å². The number of fused-ring (bicyclic) bond motifs is 1. The minimum absolute atomic E-state index is 0. The van der Waals surface area contributed by atoms with Crippen molar-refractivity contribution in [2.45, 2.75) is 38.1 Å². The van der Waals surface area contributed by atoms with Crippen LogP contribution in [0.15, 0.2) is 29.6 Å². The molecule has 0 aliphatic carbocycles. The van der Waals surface area contributed by atoms with E-state index in [4.69, 9.17) is 5.73 Å². The normalized spacial score (nSPS) is 17.7. The van der Waals surface area contributed by atoms with Crippen molar-refractivity contribution in [3.63, 3.8) is 0 Å². The van der Waals surface area contributed by atoms with Crippen LogP contribution in [0.3, 0.4) is 0 Å². The Morgan fingerprint density at radius 3 is 3.00 bits per heavy atom. The second-order valence-electron chi connectivity index (χ2n) is 5.73. The second-order valence-corrected chi connectivity index (χ2v) is 6.64. The molecular weight excluding hydrogens is 316 g/mol. The molecule has 0 radical (unpaired) electrons. The maximum atomic E-state index is 12.3. The summed E-state index contributed by atoms with van der Waals surface area (Å²) < 4.78 is 1.33. The molecule has 2 N–H and O–H groups in total. The number of halogens is 1. The molecule has 0 spiro atoms. The number of thiophene rings is 1. The number of nitrogens with zero attached hydrogens (tertiary/aromatic N) is 1. The summed E-state index contributed by atoms with van der Waals surface area (Å²) in [5.74, 6) is 0.280. The summed E-state index contributed by atoms with van der Waals surface area (Å²) in [6, 6.07) is 8.77. The Morgan fingerprint density at radius 2 is 2.18 bits per heavy atom. The summed E-state index contributed by atoms with van der Waals surface area (Å²) in [7, 11) is 0. The Labute approximate surface area is 141 Å². The summed E-state index contributed by atoms with van der Waals surface area (Å²) in [6.07, 6.45) is 4.71. The summed E-state index contributed by atoms with van der Waals surface area (Å²) in [6.45, 7) is 1.49. The van der Waals surface area contributed by atoms with Gasteiger partial charge in [-0.05, 0) is 48.1 Å². The molecule has 3 rings (SSSR count). The van der Waals surface area contributed by atoms with Gasteiger partial charge < -0.3 is 10.6 Å². The molecule has 1 aliphatic heterocycles. The first-order valence-electron chi connectivity index (χ1n) is 7.74. The van der Waals surface area contributed by atoms with Crippen molar-refractivity contribution in [3.05, 3.63) is 35.2 Å². The van der Waals surface area contributed by atoms with E-state index in [2.05, 4.69) is 29.6 Å². The van der Waals surface area contributed by atoms with Crippen LogP contribution in [0.5, 0.6) is 0 Å². The van der Waals surface area contributed by atoms with Crippen LogP contribution in [-0.2, 0) is 11.2 Å². The smallest absolute Gasteiger partial charge is 0.222 e. The van der Waals surface area contributed by atoms with E-state index in [0.29, 0.717) is 13.0 Å². The number of carbonyl (C=O) groups excluding carboxylic acids is 1. The molecular formula is C17H23ClN2OS. The molecule has 22 heavy (non-hydrogen) atoms. The number of hydrogen-bond acceptors (Lipinski definition) is 3. The standard InChI is InChI=1S/C17H22N2OS.ClH/c18-11-14-6-4-10-19(14)17(20)9-3-5-13-12-21-16-8-2-1-7-15(13)16;/h1-2,7-8,12,14H,3-6,9-11,18H2;1H. The van der Waals surface area contributed by atoms with Crippen molar-refractivity contribution < 1.29 is 4.79 Å². The van der Waals surface area contributed by atoms with E-state index in [0.717, 1.165) is 32.2 Å². The minimum atomic E-state index is 0. The summed E-state index contributed by atoms with van der Waals surface area (Å²) in [5.41, 5.74) is 7.11. The fourth-order valence-electron chi connectivity index (χ4n) is 3.21. The third-order valence-electron chi connectivity index (χ3n) is 4.37. The highest BCUT2D eigenvalue weighted by Crippen LogP contribution is 2.27. The zero-order valence-corrected chi connectivity index (χ0v) is 14.3. The van der Waals surface area contributed by atoms with Crippen LogP contribution in [0, 0.1) is 0 Å². The first-order chi connectivity index (χ1) is 10.3. The van der Waals surface area contributed by atoms with Crippen LogP contribution in [-0.4, -0.2) is 29.9 Å². The van der Waals surface area contributed by atoms with Crippen molar-refractivity contribution >= 4 is 39.7 Å². The van der Waals surface area contributed by atoms with E-state index < -0.39 is 0 Å².